The van der Waals surface area contributed by atoms with Crippen molar-refractivity contribution >= 4 is 38.6 Å². The Labute approximate surface area is 129 Å². The maximum absolute atomic E-state index is 5.84. The van der Waals surface area contributed by atoms with Crippen LogP contribution in [0.25, 0.3) is 10.9 Å². The van der Waals surface area contributed by atoms with Crippen molar-refractivity contribution in [2.75, 3.05) is 0 Å². The van der Waals surface area contributed by atoms with Crippen molar-refractivity contribution in [3.05, 3.63) is 58.7 Å². The van der Waals surface area contributed by atoms with Gasteiger partial charge in [-0.05, 0) is 45.8 Å². The molecule has 0 aliphatic rings. The molecule has 0 saturated heterocycles. The van der Waals surface area contributed by atoms with Gasteiger partial charge in [0.2, 0.25) is 0 Å². The van der Waals surface area contributed by atoms with E-state index in [1.165, 1.54) is 0 Å². The van der Waals surface area contributed by atoms with Gasteiger partial charge < -0.3 is 5.73 Å². The lowest BCUT2D eigenvalue weighted by Crippen LogP contribution is -1.99. The van der Waals surface area contributed by atoms with Gasteiger partial charge in [0.05, 0.1) is 5.52 Å². The van der Waals surface area contributed by atoms with Crippen molar-refractivity contribution in [2.45, 2.75) is 16.6 Å². The predicted molar refractivity (Wildman–Crippen MR) is 85.7 cm³/mol. The zero-order valence-corrected chi connectivity index (χ0v) is 13.0. The van der Waals surface area contributed by atoms with Crippen LogP contribution in [0.15, 0.2) is 63.2 Å². The van der Waals surface area contributed by atoms with Crippen LogP contribution in [0.5, 0.6) is 0 Å². The van der Waals surface area contributed by atoms with E-state index in [0.717, 1.165) is 31.0 Å². The number of para-hydroxylation sites is 1. The molecule has 3 nitrogen and oxygen atoms in total. The highest BCUT2D eigenvalue weighted by Crippen LogP contribution is 2.28. The van der Waals surface area contributed by atoms with E-state index in [2.05, 4.69) is 32.0 Å². The fraction of sp³-hybridized carbons (Fsp3) is 0.0667. The molecule has 0 aliphatic heterocycles. The first-order chi connectivity index (χ1) is 9.76. The third-order valence-corrected chi connectivity index (χ3v) is 4.25. The first-order valence-electron chi connectivity index (χ1n) is 6.14. The van der Waals surface area contributed by atoms with Gasteiger partial charge in [-0.2, -0.15) is 0 Å². The van der Waals surface area contributed by atoms with Crippen LogP contribution in [0.3, 0.4) is 0 Å². The summed E-state index contributed by atoms with van der Waals surface area (Å²) in [6.07, 6.45) is 1.78. The van der Waals surface area contributed by atoms with E-state index in [1.54, 1.807) is 18.0 Å². The topological polar surface area (TPSA) is 51.8 Å². The number of fused-ring (bicyclic) bond motifs is 1. The second kappa shape index (κ2) is 5.91. The lowest BCUT2D eigenvalue weighted by atomic mass is 10.1. The van der Waals surface area contributed by atoms with Crippen LogP contribution in [-0.4, -0.2) is 9.97 Å². The molecule has 0 unspecified atom stereocenters. The van der Waals surface area contributed by atoms with Crippen molar-refractivity contribution in [3.63, 3.8) is 0 Å². The molecule has 0 radical (unpaired) electrons. The van der Waals surface area contributed by atoms with Gasteiger partial charge >= 0.3 is 0 Å². The number of aromatic nitrogens is 2. The van der Waals surface area contributed by atoms with Gasteiger partial charge in [0.15, 0.2) is 0 Å². The molecular weight excluding hydrogens is 334 g/mol. The molecule has 3 rings (SSSR count). The standard InChI is InChI=1S/C15H12BrN3S/c16-11-5-6-14(18-9-11)20-15-7-10(8-17)12-3-1-2-4-13(12)19-15/h1-7,9H,8,17H2. The molecule has 3 aromatic rings. The second-order valence-electron chi connectivity index (χ2n) is 4.26. The molecule has 0 atom stereocenters. The number of nitrogens with zero attached hydrogens (tertiary/aromatic N) is 2. The summed E-state index contributed by atoms with van der Waals surface area (Å²) in [5.74, 6) is 0. The molecular formula is C15H12BrN3S. The third kappa shape index (κ3) is 2.85. The summed E-state index contributed by atoms with van der Waals surface area (Å²) in [6, 6.07) is 14.0. The van der Waals surface area contributed by atoms with E-state index in [0.29, 0.717) is 6.54 Å². The SMILES string of the molecule is NCc1cc(Sc2ccc(Br)cn2)nc2ccccc12. The highest BCUT2D eigenvalue weighted by Gasteiger charge is 2.06. The van der Waals surface area contributed by atoms with Crippen molar-refractivity contribution in [3.8, 4) is 0 Å². The Hall–Kier alpha value is -1.43. The highest BCUT2D eigenvalue weighted by atomic mass is 79.9. The Bertz CT molecular complexity index is 744. The fourth-order valence-electron chi connectivity index (χ4n) is 1.97. The smallest absolute Gasteiger partial charge is 0.103 e. The number of halogens is 1. The first-order valence-corrected chi connectivity index (χ1v) is 7.75. The highest BCUT2D eigenvalue weighted by molar-refractivity contribution is 9.10. The molecule has 2 heterocycles. The van der Waals surface area contributed by atoms with Gasteiger partial charge in [0.1, 0.15) is 10.1 Å². The van der Waals surface area contributed by atoms with Gasteiger partial charge in [0, 0.05) is 22.6 Å². The molecule has 20 heavy (non-hydrogen) atoms. The van der Waals surface area contributed by atoms with Crippen LogP contribution in [0.4, 0.5) is 0 Å². The zero-order chi connectivity index (χ0) is 13.9. The minimum Gasteiger partial charge on any atom is -0.326 e. The maximum atomic E-state index is 5.84. The summed E-state index contributed by atoms with van der Waals surface area (Å²) in [4.78, 5) is 9.01. The summed E-state index contributed by atoms with van der Waals surface area (Å²) in [6.45, 7) is 0.504. The molecule has 0 bridgehead atoms. The number of rotatable bonds is 3. The van der Waals surface area contributed by atoms with Gasteiger partial charge in [-0.1, -0.05) is 30.0 Å². The van der Waals surface area contributed by atoms with Crippen LogP contribution in [0.2, 0.25) is 0 Å². The summed E-state index contributed by atoms with van der Waals surface area (Å²) in [5.41, 5.74) is 7.91. The fourth-order valence-corrected chi connectivity index (χ4v) is 3.01. The van der Waals surface area contributed by atoms with Crippen molar-refractivity contribution < 1.29 is 0 Å². The number of hydrogen-bond donors (Lipinski definition) is 1. The van der Waals surface area contributed by atoms with Crippen LogP contribution >= 0.6 is 27.7 Å². The quantitative estimate of drug-likeness (QED) is 0.779. The molecule has 0 saturated carbocycles. The summed E-state index contributed by atoms with van der Waals surface area (Å²) < 4.78 is 0.968. The van der Waals surface area contributed by atoms with E-state index in [1.807, 2.05) is 36.4 Å². The van der Waals surface area contributed by atoms with Crippen LogP contribution in [-0.2, 0) is 6.54 Å². The number of hydrogen-bond acceptors (Lipinski definition) is 4. The predicted octanol–water partition coefficient (Wildman–Crippen LogP) is 4.00. The Morgan fingerprint density at radius 1 is 1.10 bits per heavy atom. The second-order valence-corrected chi connectivity index (χ2v) is 6.21. The van der Waals surface area contributed by atoms with Gasteiger partial charge in [-0.3, -0.25) is 0 Å². The molecule has 5 heteroatoms. The van der Waals surface area contributed by atoms with Crippen molar-refractivity contribution in [1.82, 2.24) is 9.97 Å². The Balaban J connectivity index is 2.01. The Morgan fingerprint density at radius 2 is 1.95 bits per heavy atom. The van der Waals surface area contributed by atoms with Crippen molar-refractivity contribution in [1.29, 1.82) is 0 Å². The minimum atomic E-state index is 0.504. The van der Waals surface area contributed by atoms with E-state index in [-0.39, 0.29) is 0 Å². The molecule has 2 aromatic heterocycles. The number of benzene rings is 1. The van der Waals surface area contributed by atoms with Crippen molar-refractivity contribution in [2.24, 2.45) is 5.73 Å². The molecule has 2 N–H and O–H groups in total. The molecule has 0 spiro atoms. The van der Waals surface area contributed by atoms with Crippen LogP contribution in [0, 0.1) is 0 Å². The molecule has 0 aliphatic carbocycles. The lowest BCUT2D eigenvalue weighted by Gasteiger charge is -2.07. The minimum absolute atomic E-state index is 0.504. The van der Waals surface area contributed by atoms with Gasteiger partial charge in [0.25, 0.3) is 0 Å². The number of pyridine rings is 2. The molecule has 100 valence electrons. The number of nitrogens with two attached hydrogens (primary N) is 1. The summed E-state index contributed by atoms with van der Waals surface area (Å²) in [5, 5.41) is 2.95. The van der Waals surface area contributed by atoms with E-state index in [9.17, 15) is 0 Å². The summed E-state index contributed by atoms with van der Waals surface area (Å²) >= 11 is 4.92. The average Bonchev–Trinajstić information content (AvgIpc) is 2.49. The van der Waals surface area contributed by atoms with Gasteiger partial charge in [-0.15, -0.1) is 0 Å². The normalized spacial score (nSPS) is 10.9. The lowest BCUT2D eigenvalue weighted by molar-refractivity contribution is 1.04. The van der Waals surface area contributed by atoms with Crippen LogP contribution < -0.4 is 5.73 Å². The monoisotopic (exact) mass is 345 g/mol. The Kier molecular flexibility index (Phi) is 4.00. The Morgan fingerprint density at radius 3 is 2.70 bits per heavy atom. The molecule has 0 fully saturated rings. The third-order valence-electron chi connectivity index (χ3n) is 2.91. The van der Waals surface area contributed by atoms with E-state index < -0.39 is 0 Å². The largest absolute Gasteiger partial charge is 0.326 e. The average molecular weight is 346 g/mol. The zero-order valence-electron chi connectivity index (χ0n) is 10.6. The first kappa shape index (κ1) is 13.5. The maximum Gasteiger partial charge on any atom is 0.103 e. The molecule has 1 aromatic carbocycles. The van der Waals surface area contributed by atoms with E-state index in [4.69, 9.17) is 5.73 Å². The van der Waals surface area contributed by atoms with E-state index >= 15 is 0 Å². The van der Waals surface area contributed by atoms with Gasteiger partial charge in [-0.25, -0.2) is 9.97 Å². The van der Waals surface area contributed by atoms with Crippen LogP contribution in [0.1, 0.15) is 5.56 Å². The summed E-state index contributed by atoms with van der Waals surface area (Å²) in [7, 11) is 0. The molecule has 0 amide bonds.